The molecular formula is C22H35NO3. The SMILES string of the molecule is CO/N=C1\CC2CCCC[C@]2(C)[C@H]2CC[C@]34COCCOC3CC[C@H]4[C@H]12. The van der Waals surface area contributed by atoms with Gasteiger partial charge in [-0.15, -0.1) is 0 Å². The summed E-state index contributed by atoms with van der Waals surface area (Å²) >= 11 is 0. The summed E-state index contributed by atoms with van der Waals surface area (Å²) < 4.78 is 12.4. The van der Waals surface area contributed by atoms with E-state index in [0.29, 0.717) is 23.4 Å². The van der Waals surface area contributed by atoms with Crippen molar-refractivity contribution in [2.24, 2.45) is 39.7 Å². The van der Waals surface area contributed by atoms with E-state index in [2.05, 4.69) is 12.1 Å². The maximum Gasteiger partial charge on any atom is 0.106 e. The molecule has 4 aliphatic carbocycles. The fourth-order valence-electron chi connectivity index (χ4n) is 8.01. The number of hydrogen-bond acceptors (Lipinski definition) is 4. The third-order valence-corrected chi connectivity index (χ3v) is 9.17. The van der Waals surface area contributed by atoms with Gasteiger partial charge in [0.2, 0.25) is 0 Å². The molecule has 5 aliphatic rings. The molecule has 1 spiro atoms. The standard InChI is InChI=1S/C22H35NO3/c1-21-9-4-3-5-15(21)13-18(23-24-2)20-16(21)8-10-22-14-25-11-12-26-19(22)7-6-17(20)22/h15-17,19-20H,3-14H2,1-2H3/b23-18+/t15?,16-,17-,19?,20+,21-,22+/m0/s1. The van der Waals surface area contributed by atoms with Crippen LogP contribution in [0.3, 0.4) is 0 Å². The molecule has 4 heteroatoms. The lowest BCUT2D eigenvalue weighted by atomic mass is 9.44. The molecule has 5 rings (SSSR count). The Bertz CT molecular complexity index is 578. The van der Waals surface area contributed by atoms with Crippen molar-refractivity contribution in [3.63, 3.8) is 0 Å². The van der Waals surface area contributed by atoms with Gasteiger partial charge in [-0.3, -0.25) is 0 Å². The molecule has 2 unspecified atom stereocenters. The minimum absolute atomic E-state index is 0.226. The topological polar surface area (TPSA) is 40.0 Å². The molecule has 26 heavy (non-hydrogen) atoms. The van der Waals surface area contributed by atoms with Gasteiger partial charge in [0.05, 0.1) is 31.6 Å². The van der Waals surface area contributed by atoms with Crippen molar-refractivity contribution < 1.29 is 14.3 Å². The van der Waals surface area contributed by atoms with Crippen LogP contribution in [0.4, 0.5) is 0 Å². The van der Waals surface area contributed by atoms with Gasteiger partial charge in [0.15, 0.2) is 0 Å². The predicted molar refractivity (Wildman–Crippen MR) is 101 cm³/mol. The second-order valence-electron chi connectivity index (χ2n) is 9.92. The molecule has 1 saturated heterocycles. The minimum Gasteiger partial charge on any atom is -0.399 e. The smallest absolute Gasteiger partial charge is 0.106 e. The molecule has 0 radical (unpaired) electrons. The van der Waals surface area contributed by atoms with E-state index < -0.39 is 0 Å². The average molecular weight is 362 g/mol. The highest BCUT2D eigenvalue weighted by Gasteiger charge is 2.64. The van der Waals surface area contributed by atoms with Crippen LogP contribution in [0.25, 0.3) is 0 Å². The predicted octanol–water partition coefficient (Wildman–Crippen LogP) is 4.43. The lowest BCUT2D eigenvalue weighted by Gasteiger charge is -2.60. The van der Waals surface area contributed by atoms with Crippen LogP contribution in [0.2, 0.25) is 0 Å². The van der Waals surface area contributed by atoms with E-state index in [9.17, 15) is 0 Å². The molecule has 4 nitrogen and oxygen atoms in total. The lowest BCUT2D eigenvalue weighted by Crippen LogP contribution is -2.58. The summed E-state index contributed by atoms with van der Waals surface area (Å²) in [5.41, 5.74) is 2.10. The lowest BCUT2D eigenvalue weighted by molar-refractivity contribution is -0.109. The maximum absolute atomic E-state index is 6.30. The van der Waals surface area contributed by atoms with E-state index in [0.717, 1.165) is 38.1 Å². The van der Waals surface area contributed by atoms with Crippen molar-refractivity contribution in [2.45, 2.75) is 70.8 Å². The highest BCUT2D eigenvalue weighted by molar-refractivity contribution is 5.88. The second-order valence-corrected chi connectivity index (χ2v) is 9.92. The monoisotopic (exact) mass is 361 g/mol. The van der Waals surface area contributed by atoms with Crippen molar-refractivity contribution in [3.8, 4) is 0 Å². The summed E-state index contributed by atoms with van der Waals surface area (Å²) in [6.45, 7) is 5.04. The molecule has 5 fully saturated rings. The van der Waals surface area contributed by atoms with Crippen LogP contribution in [0.15, 0.2) is 5.16 Å². The number of hydrogen-bond donors (Lipinski definition) is 0. The van der Waals surface area contributed by atoms with Gasteiger partial charge in [0.1, 0.15) is 7.11 Å². The van der Waals surface area contributed by atoms with Crippen LogP contribution in [-0.2, 0) is 14.3 Å². The largest absolute Gasteiger partial charge is 0.399 e. The first-order valence-electron chi connectivity index (χ1n) is 11.0. The Morgan fingerprint density at radius 3 is 2.85 bits per heavy atom. The highest BCUT2D eigenvalue weighted by Crippen LogP contribution is 2.66. The van der Waals surface area contributed by atoms with Gasteiger partial charge in [-0.05, 0) is 68.1 Å². The van der Waals surface area contributed by atoms with Gasteiger partial charge in [-0.2, -0.15) is 0 Å². The molecular weight excluding hydrogens is 326 g/mol. The fraction of sp³-hybridized carbons (Fsp3) is 0.955. The fourth-order valence-corrected chi connectivity index (χ4v) is 8.01. The van der Waals surface area contributed by atoms with E-state index >= 15 is 0 Å². The third kappa shape index (κ3) is 2.37. The van der Waals surface area contributed by atoms with Crippen LogP contribution in [-0.4, -0.2) is 38.7 Å². The molecule has 7 atom stereocenters. The van der Waals surface area contributed by atoms with Crippen molar-refractivity contribution >= 4 is 5.71 Å². The summed E-state index contributed by atoms with van der Waals surface area (Å²) in [4.78, 5) is 5.38. The van der Waals surface area contributed by atoms with E-state index in [4.69, 9.17) is 14.3 Å². The van der Waals surface area contributed by atoms with Gasteiger partial charge < -0.3 is 14.3 Å². The van der Waals surface area contributed by atoms with Gasteiger partial charge in [-0.1, -0.05) is 24.9 Å². The Labute approximate surface area is 158 Å². The molecule has 0 aromatic heterocycles. The summed E-state index contributed by atoms with van der Waals surface area (Å²) in [6, 6.07) is 0. The molecule has 1 aliphatic heterocycles. The number of fused-ring (bicyclic) bond motifs is 4. The van der Waals surface area contributed by atoms with Crippen molar-refractivity contribution in [2.75, 3.05) is 26.9 Å². The van der Waals surface area contributed by atoms with E-state index in [1.807, 2.05) is 0 Å². The third-order valence-electron chi connectivity index (χ3n) is 9.17. The minimum atomic E-state index is 0.226. The van der Waals surface area contributed by atoms with Crippen LogP contribution in [0.1, 0.15) is 64.7 Å². The number of rotatable bonds is 1. The summed E-state index contributed by atoms with van der Waals surface area (Å²) in [7, 11) is 1.73. The zero-order chi connectivity index (χ0) is 17.8. The van der Waals surface area contributed by atoms with Gasteiger partial charge in [-0.25, -0.2) is 0 Å². The zero-order valence-electron chi connectivity index (χ0n) is 16.5. The molecule has 0 amide bonds. The Hall–Kier alpha value is -0.610. The first-order valence-corrected chi connectivity index (χ1v) is 11.0. The van der Waals surface area contributed by atoms with Crippen molar-refractivity contribution in [1.29, 1.82) is 0 Å². The molecule has 1 heterocycles. The summed E-state index contributed by atoms with van der Waals surface area (Å²) in [6.07, 6.45) is 12.2. The van der Waals surface area contributed by atoms with Crippen molar-refractivity contribution in [3.05, 3.63) is 0 Å². The van der Waals surface area contributed by atoms with Gasteiger partial charge >= 0.3 is 0 Å². The molecule has 4 saturated carbocycles. The Morgan fingerprint density at radius 1 is 1.04 bits per heavy atom. The normalized spacial score (nSPS) is 52.4. The molecule has 0 N–H and O–H groups in total. The Balaban J connectivity index is 1.54. The average Bonchev–Trinajstić information content (AvgIpc) is 2.89. The molecule has 0 bridgehead atoms. The van der Waals surface area contributed by atoms with Crippen molar-refractivity contribution in [1.82, 2.24) is 0 Å². The molecule has 0 aromatic carbocycles. The van der Waals surface area contributed by atoms with Crippen LogP contribution in [0.5, 0.6) is 0 Å². The second kappa shape index (κ2) is 6.48. The summed E-state index contributed by atoms with van der Waals surface area (Å²) in [5, 5.41) is 4.64. The Morgan fingerprint density at radius 2 is 1.96 bits per heavy atom. The van der Waals surface area contributed by atoms with E-state index in [1.165, 1.54) is 57.1 Å². The van der Waals surface area contributed by atoms with E-state index in [1.54, 1.807) is 7.11 Å². The number of ether oxygens (including phenoxy) is 2. The van der Waals surface area contributed by atoms with E-state index in [-0.39, 0.29) is 5.41 Å². The first kappa shape index (κ1) is 17.5. The highest BCUT2D eigenvalue weighted by atomic mass is 16.6. The first-order chi connectivity index (χ1) is 12.7. The zero-order valence-corrected chi connectivity index (χ0v) is 16.5. The van der Waals surface area contributed by atoms with Crippen LogP contribution < -0.4 is 0 Å². The van der Waals surface area contributed by atoms with Crippen LogP contribution >= 0.6 is 0 Å². The summed E-state index contributed by atoms with van der Waals surface area (Å²) in [5.74, 6) is 2.82. The Kier molecular flexibility index (Phi) is 4.36. The number of nitrogens with zero attached hydrogens (tertiary/aromatic N) is 1. The van der Waals surface area contributed by atoms with Gasteiger partial charge in [0, 0.05) is 11.3 Å². The number of oxime groups is 1. The maximum atomic E-state index is 6.30. The van der Waals surface area contributed by atoms with Crippen LogP contribution in [0, 0.1) is 34.5 Å². The quantitative estimate of drug-likeness (QED) is 0.649. The molecule has 146 valence electrons. The molecule has 0 aromatic rings. The van der Waals surface area contributed by atoms with Gasteiger partial charge in [0.25, 0.3) is 0 Å².